The van der Waals surface area contributed by atoms with Crippen LogP contribution >= 0.6 is 11.8 Å². The summed E-state index contributed by atoms with van der Waals surface area (Å²) >= 11 is 1.14. The van der Waals surface area contributed by atoms with Crippen LogP contribution in [0.25, 0.3) is 0 Å². The molecule has 1 aromatic carbocycles. The number of benzene rings is 1. The molecule has 2 N–H and O–H groups in total. The number of ether oxygens (including phenoxy) is 1. The average Bonchev–Trinajstić information content (AvgIpc) is 2.81. The number of carbonyl (C=O) groups excluding carboxylic acids is 2. The van der Waals surface area contributed by atoms with E-state index in [1.165, 1.54) is 0 Å². The van der Waals surface area contributed by atoms with Crippen molar-refractivity contribution in [2.75, 3.05) is 19.0 Å². The van der Waals surface area contributed by atoms with E-state index >= 15 is 0 Å². The van der Waals surface area contributed by atoms with Crippen molar-refractivity contribution in [2.45, 2.75) is 24.6 Å². The molecule has 2 atom stereocenters. The van der Waals surface area contributed by atoms with Crippen molar-refractivity contribution in [3.63, 3.8) is 0 Å². The molecule has 1 heterocycles. The molecule has 0 saturated carbocycles. The molecule has 1 aromatic rings. The molecule has 1 fully saturated rings. The Hall–Kier alpha value is -2.00. The minimum absolute atomic E-state index is 0.126. The summed E-state index contributed by atoms with van der Waals surface area (Å²) < 4.78 is 31.3. The van der Waals surface area contributed by atoms with Gasteiger partial charge in [0.1, 0.15) is 16.9 Å². The van der Waals surface area contributed by atoms with Gasteiger partial charge in [0.15, 0.2) is 5.17 Å². The SMILES string of the molecule is COCC(C)N=C1NC(=O)C(CC(=O)Nc2ccc(F)cc2F)S1. The third-order valence-corrected chi connectivity index (χ3v) is 4.19. The van der Waals surface area contributed by atoms with Gasteiger partial charge in [-0.2, -0.15) is 0 Å². The second kappa shape index (κ2) is 8.20. The van der Waals surface area contributed by atoms with Crippen LogP contribution in [0.1, 0.15) is 13.3 Å². The third kappa shape index (κ3) is 5.00. The second-order valence-corrected chi connectivity index (χ2v) is 6.40. The molecule has 0 aliphatic carbocycles. The van der Waals surface area contributed by atoms with Gasteiger partial charge in [0, 0.05) is 19.6 Å². The number of hydrogen-bond acceptors (Lipinski definition) is 5. The Labute approximate surface area is 142 Å². The summed E-state index contributed by atoms with van der Waals surface area (Å²) in [6, 6.07) is 2.72. The molecule has 2 amide bonds. The summed E-state index contributed by atoms with van der Waals surface area (Å²) in [6.07, 6.45) is -0.148. The van der Waals surface area contributed by atoms with Crippen LogP contribution in [0.2, 0.25) is 0 Å². The number of anilines is 1. The Morgan fingerprint density at radius 2 is 2.25 bits per heavy atom. The van der Waals surface area contributed by atoms with E-state index in [0.717, 1.165) is 23.9 Å². The van der Waals surface area contributed by atoms with Crippen LogP contribution in [0.5, 0.6) is 0 Å². The minimum Gasteiger partial charge on any atom is -0.382 e. The Kier molecular flexibility index (Phi) is 6.27. The van der Waals surface area contributed by atoms with Crippen LogP contribution in [0.4, 0.5) is 14.5 Å². The smallest absolute Gasteiger partial charge is 0.240 e. The van der Waals surface area contributed by atoms with Gasteiger partial charge in [-0.15, -0.1) is 0 Å². The summed E-state index contributed by atoms with van der Waals surface area (Å²) in [6.45, 7) is 2.25. The van der Waals surface area contributed by atoms with Crippen molar-refractivity contribution < 1.29 is 23.1 Å². The zero-order valence-corrected chi connectivity index (χ0v) is 14.0. The van der Waals surface area contributed by atoms with E-state index in [2.05, 4.69) is 15.6 Å². The molecule has 1 aliphatic heterocycles. The van der Waals surface area contributed by atoms with Crippen LogP contribution < -0.4 is 10.6 Å². The summed E-state index contributed by atoms with van der Waals surface area (Å²) in [5.74, 6) is -2.48. The molecule has 0 spiro atoms. The van der Waals surface area contributed by atoms with Gasteiger partial charge < -0.3 is 15.4 Å². The van der Waals surface area contributed by atoms with Crippen molar-refractivity contribution in [1.29, 1.82) is 0 Å². The molecule has 9 heteroatoms. The number of aliphatic imine (C=N–C) groups is 1. The number of amides is 2. The predicted octanol–water partition coefficient (Wildman–Crippen LogP) is 1.92. The lowest BCUT2D eigenvalue weighted by molar-refractivity contribution is -0.122. The second-order valence-electron chi connectivity index (χ2n) is 5.21. The number of nitrogens with one attached hydrogen (secondary N) is 2. The van der Waals surface area contributed by atoms with Crippen LogP contribution in [0.15, 0.2) is 23.2 Å². The highest BCUT2D eigenvalue weighted by Crippen LogP contribution is 2.24. The Morgan fingerprint density at radius 3 is 2.92 bits per heavy atom. The van der Waals surface area contributed by atoms with E-state index in [0.29, 0.717) is 17.8 Å². The highest BCUT2D eigenvalue weighted by atomic mass is 32.2. The summed E-state index contributed by atoms with van der Waals surface area (Å²) in [5.41, 5.74) is -0.132. The van der Waals surface area contributed by atoms with E-state index in [-0.39, 0.29) is 24.1 Å². The van der Waals surface area contributed by atoms with Crippen LogP contribution in [0.3, 0.4) is 0 Å². The van der Waals surface area contributed by atoms with Crippen LogP contribution in [0, 0.1) is 11.6 Å². The first kappa shape index (κ1) is 18.3. The fourth-order valence-corrected chi connectivity index (χ4v) is 3.11. The maximum absolute atomic E-state index is 13.5. The van der Waals surface area contributed by atoms with E-state index in [1.807, 2.05) is 6.92 Å². The number of carbonyl (C=O) groups is 2. The first-order valence-corrected chi connectivity index (χ1v) is 8.06. The van der Waals surface area contributed by atoms with E-state index < -0.39 is 22.8 Å². The maximum atomic E-state index is 13.5. The zero-order valence-electron chi connectivity index (χ0n) is 13.1. The molecule has 0 aromatic heterocycles. The van der Waals surface area contributed by atoms with E-state index in [1.54, 1.807) is 7.11 Å². The number of thioether (sulfide) groups is 1. The van der Waals surface area contributed by atoms with Crippen molar-refractivity contribution in [3.05, 3.63) is 29.8 Å². The monoisotopic (exact) mass is 357 g/mol. The normalized spacial score (nSPS) is 20.1. The maximum Gasteiger partial charge on any atom is 0.240 e. The molecule has 1 aliphatic rings. The molecule has 1 saturated heterocycles. The fourth-order valence-electron chi connectivity index (χ4n) is 2.04. The molecule has 0 bridgehead atoms. The largest absolute Gasteiger partial charge is 0.382 e. The molecule has 130 valence electrons. The molecular weight excluding hydrogens is 340 g/mol. The van der Waals surface area contributed by atoms with Gasteiger partial charge in [0.05, 0.1) is 18.3 Å². The standard InChI is InChI=1S/C15H17F2N3O3S/c1-8(7-23-2)18-15-20-14(22)12(24-15)6-13(21)19-11-4-3-9(16)5-10(11)17/h3-5,8,12H,6-7H2,1-2H3,(H,19,21)(H,18,20,22). The summed E-state index contributed by atoms with van der Waals surface area (Å²) in [5, 5.41) is 4.70. The van der Waals surface area contributed by atoms with Crippen molar-refractivity contribution in [1.82, 2.24) is 5.32 Å². The summed E-state index contributed by atoms with van der Waals surface area (Å²) in [4.78, 5) is 28.1. The average molecular weight is 357 g/mol. The first-order chi connectivity index (χ1) is 11.4. The number of rotatable bonds is 6. The van der Waals surface area contributed by atoms with Gasteiger partial charge in [-0.1, -0.05) is 11.8 Å². The molecular formula is C15H17F2N3O3S. The number of methoxy groups -OCH3 is 1. The topological polar surface area (TPSA) is 79.8 Å². The highest BCUT2D eigenvalue weighted by molar-refractivity contribution is 8.15. The van der Waals surface area contributed by atoms with Crippen molar-refractivity contribution in [2.24, 2.45) is 4.99 Å². The van der Waals surface area contributed by atoms with Crippen LogP contribution in [-0.4, -0.2) is 42.0 Å². The van der Waals surface area contributed by atoms with Gasteiger partial charge in [0.2, 0.25) is 11.8 Å². The van der Waals surface area contributed by atoms with E-state index in [9.17, 15) is 18.4 Å². The number of amidine groups is 1. The molecule has 2 rings (SSSR count). The molecule has 0 radical (unpaired) electrons. The predicted molar refractivity (Wildman–Crippen MR) is 87.9 cm³/mol. The van der Waals surface area contributed by atoms with E-state index in [4.69, 9.17) is 4.74 Å². The van der Waals surface area contributed by atoms with Gasteiger partial charge in [0.25, 0.3) is 0 Å². The third-order valence-electron chi connectivity index (χ3n) is 3.10. The van der Waals surface area contributed by atoms with Crippen molar-refractivity contribution in [3.8, 4) is 0 Å². The number of halogens is 2. The lowest BCUT2D eigenvalue weighted by atomic mass is 10.2. The fraction of sp³-hybridized carbons (Fsp3) is 0.400. The zero-order chi connectivity index (χ0) is 17.7. The lowest BCUT2D eigenvalue weighted by Gasteiger charge is -2.08. The van der Waals surface area contributed by atoms with Gasteiger partial charge >= 0.3 is 0 Å². The quantitative estimate of drug-likeness (QED) is 0.815. The Balaban J connectivity index is 1.93. The summed E-state index contributed by atoms with van der Waals surface area (Å²) in [7, 11) is 1.55. The van der Waals surface area contributed by atoms with Crippen LogP contribution in [-0.2, 0) is 14.3 Å². The lowest BCUT2D eigenvalue weighted by Crippen LogP contribution is -2.28. The minimum atomic E-state index is -0.873. The molecule has 24 heavy (non-hydrogen) atoms. The Bertz CT molecular complexity index is 669. The van der Waals surface area contributed by atoms with Gasteiger partial charge in [-0.3, -0.25) is 14.6 Å². The van der Waals surface area contributed by atoms with Gasteiger partial charge in [-0.05, 0) is 19.1 Å². The molecule has 6 nitrogen and oxygen atoms in total. The number of nitrogens with zero attached hydrogens (tertiary/aromatic N) is 1. The highest BCUT2D eigenvalue weighted by Gasteiger charge is 2.32. The molecule has 2 unspecified atom stereocenters. The van der Waals surface area contributed by atoms with Gasteiger partial charge in [-0.25, -0.2) is 8.78 Å². The number of hydrogen-bond donors (Lipinski definition) is 2. The van der Waals surface area contributed by atoms with Crippen molar-refractivity contribution >= 4 is 34.4 Å². The Morgan fingerprint density at radius 1 is 1.50 bits per heavy atom. The first-order valence-electron chi connectivity index (χ1n) is 7.18.